The molecule has 0 aromatic carbocycles. The molecule has 0 radical (unpaired) electrons. The number of hydrogen-bond donors (Lipinski definition) is 1. The summed E-state index contributed by atoms with van der Waals surface area (Å²) in [6, 6.07) is 1.72. The molecule has 2 heterocycles. The van der Waals surface area contributed by atoms with Crippen LogP contribution in [0.5, 0.6) is 5.75 Å². The monoisotopic (exact) mass is 285 g/mol. The second-order valence-electron chi connectivity index (χ2n) is 4.08. The van der Waals surface area contributed by atoms with Gasteiger partial charge in [0.25, 0.3) is 0 Å². The Kier molecular flexibility index (Phi) is 3.17. The number of fused-ring (bicyclic) bond motifs is 1. The van der Waals surface area contributed by atoms with Gasteiger partial charge in [0, 0.05) is 0 Å². The smallest absolute Gasteiger partial charge is 0.397 e. The number of halogens is 3. The Balaban J connectivity index is 2.88. The van der Waals surface area contributed by atoms with E-state index in [-0.39, 0.29) is 28.5 Å². The summed E-state index contributed by atoms with van der Waals surface area (Å²) in [7, 11) is 1.26. The summed E-state index contributed by atoms with van der Waals surface area (Å²) in [5.41, 5.74) is 5.01. The zero-order valence-electron chi connectivity index (χ0n) is 10.6. The topological polar surface area (TPSA) is 89.2 Å². The van der Waals surface area contributed by atoms with E-state index in [1.807, 2.05) is 0 Å². The molecule has 2 aromatic heterocycles. The Labute approximate surface area is 111 Å². The third-order valence-corrected chi connectivity index (χ3v) is 2.91. The quantitative estimate of drug-likeness (QED) is 0.909. The van der Waals surface area contributed by atoms with E-state index >= 15 is 0 Å². The molecule has 0 amide bonds. The van der Waals surface area contributed by atoms with Crippen LogP contribution < -0.4 is 10.5 Å². The van der Waals surface area contributed by atoms with E-state index in [9.17, 15) is 13.2 Å². The fraction of sp³-hybridized carbons (Fsp3) is 0.364. The lowest BCUT2D eigenvalue weighted by atomic mass is 10.0. The van der Waals surface area contributed by atoms with Gasteiger partial charge < -0.3 is 10.5 Å². The van der Waals surface area contributed by atoms with Crippen LogP contribution in [-0.4, -0.2) is 27.9 Å². The van der Waals surface area contributed by atoms with Gasteiger partial charge >= 0.3 is 6.18 Å². The van der Waals surface area contributed by atoms with Crippen LogP contribution in [0.4, 0.5) is 19.1 Å². The zero-order valence-corrected chi connectivity index (χ0v) is 10.6. The van der Waals surface area contributed by atoms with Crippen LogP contribution >= 0.6 is 0 Å². The van der Waals surface area contributed by atoms with Gasteiger partial charge in [0.05, 0.1) is 24.9 Å². The standard InChI is InChI=1S/C11H10F3N5O/c1-5(11(12,13)14)8-6(3-15)9(20-2)7-4-17-10(16)18-19(7)8/h4-5H,1-2H3,(H2,16,18). The molecule has 1 unspecified atom stereocenters. The van der Waals surface area contributed by atoms with Gasteiger partial charge in [0.15, 0.2) is 5.75 Å². The number of rotatable bonds is 2. The number of nitrogens with two attached hydrogens (primary N) is 1. The number of nitrogen functional groups attached to an aromatic ring is 1. The Bertz CT molecular complexity index is 701. The molecule has 0 aliphatic heterocycles. The van der Waals surface area contributed by atoms with Gasteiger partial charge in [-0.3, -0.25) is 0 Å². The van der Waals surface area contributed by atoms with Crippen LogP contribution in [0.1, 0.15) is 24.1 Å². The van der Waals surface area contributed by atoms with E-state index in [0.29, 0.717) is 0 Å². The summed E-state index contributed by atoms with van der Waals surface area (Å²) in [5, 5.41) is 12.9. The number of methoxy groups -OCH3 is 1. The fourth-order valence-corrected chi connectivity index (χ4v) is 1.92. The van der Waals surface area contributed by atoms with Crippen molar-refractivity contribution in [3.63, 3.8) is 0 Å². The molecule has 0 fully saturated rings. The Morgan fingerprint density at radius 2 is 2.15 bits per heavy atom. The number of anilines is 1. The van der Waals surface area contributed by atoms with Gasteiger partial charge in [-0.1, -0.05) is 0 Å². The maximum atomic E-state index is 13.0. The van der Waals surface area contributed by atoms with Crippen LogP contribution in [0.15, 0.2) is 6.20 Å². The molecule has 9 heteroatoms. The molecule has 106 valence electrons. The summed E-state index contributed by atoms with van der Waals surface area (Å²) < 4.78 is 44.8. The lowest BCUT2D eigenvalue weighted by Crippen LogP contribution is -2.21. The Morgan fingerprint density at radius 1 is 1.50 bits per heavy atom. The highest BCUT2D eigenvalue weighted by Crippen LogP contribution is 2.40. The van der Waals surface area contributed by atoms with Crippen molar-refractivity contribution in [2.24, 2.45) is 0 Å². The lowest BCUT2D eigenvalue weighted by molar-refractivity contribution is -0.147. The highest BCUT2D eigenvalue weighted by Gasteiger charge is 2.42. The largest absolute Gasteiger partial charge is 0.493 e. The van der Waals surface area contributed by atoms with Crippen molar-refractivity contribution in [3.8, 4) is 11.8 Å². The highest BCUT2D eigenvalue weighted by atomic mass is 19.4. The first-order valence-electron chi connectivity index (χ1n) is 5.49. The van der Waals surface area contributed by atoms with Gasteiger partial charge in [-0.15, -0.1) is 5.10 Å². The molecule has 2 rings (SSSR count). The van der Waals surface area contributed by atoms with E-state index in [4.69, 9.17) is 15.7 Å². The molecular weight excluding hydrogens is 275 g/mol. The van der Waals surface area contributed by atoms with Gasteiger partial charge in [-0.05, 0) is 6.92 Å². The molecule has 0 bridgehead atoms. The SMILES string of the molecule is COc1c(C#N)c(C(C)C(F)(F)F)n2nc(N)ncc12. The number of alkyl halides is 3. The summed E-state index contributed by atoms with van der Waals surface area (Å²) in [6.45, 7) is 0.945. The average Bonchev–Trinajstić information content (AvgIpc) is 2.68. The third kappa shape index (κ3) is 1.99. The molecule has 2 aromatic rings. The molecule has 0 spiro atoms. The minimum Gasteiger partial charge on any atom is -0.493 e. The first-order chi connectivity index (χ1) is 9.31. The van der Waals surface area contributed by atoms with Crippen molar-refractivity contribution < 1.29 is 17.9 Å². The number of nitrogens with zero attached hydrogens (tertiary/aromatic N) is 4. The van der Waals surface area contributed by atoms with Crippen molar-refractivity contribution in [2.75, 3.05) is 12.8 Å². The third-order valence-electron chi connectivity index (χ3n) is 2.91. The number of hydrogen-bond acceptors (Lipinski definition) is 5. The van der Waals surface area contributed by atoms with Crippen molar-refractivity contribution in [2.45, 2.75) is 19.0 Å². The van der Waals surface area contributed by atoms with E-state index in [0.717, 1.165) is 11.4 Å². The summed E-state index contributed by atoms with van der Waals surface area (Å²) in [6.07, 6.45) is -3.31. The molecule has 1 atom stereocenters. The Hall–Kier alpha value is -2.50. The minimum atomic E-state index is -4.52. The zero-order chi connectivity index (χ0) is 15.1. The molecule has 2 N–H and O–H groups in total. The van der Waals surface area contributed by atoms with Gasteiger partial charge in [-0.25, -0.2) is 9.50 Å². The number of nitriles is 1. The molecule has 0 aliphatic rings. The second kappa shape index (κ2) is 4.56. The molecule has 6 nitrogen and oxygen atoms in total. The maximum Gasteiger partial charge on any atom is 0.397 e. The lowest BCUT2D eigenvalue weighted by Gasteiger charge is -2.15. The van der Waals surface area contributed by atoms with Crippen LogP contribution in [-0.2, 0) is 0 Å². The molecule has 0 saturated carbocycles. The van der Waals surface area contributed by atoms with Crippen molar-refractivity contribution in [1.82, 2.24) is 14.6 Å². The van der Waals surface area contributed by atoms with Gasteiger partial charge in [-0.2, -0.15) is 18.4 Å². The fourth-order valence-electron chi connectivity index (χ4n) is 1.92. The average molecular weight is 285 g/mol. The van der Waals surface area contributed by atoms with Gasteiger partial charge in [0.1, 0.15) is 17.1 Å². The predicted octanol–water partition coefficient (Wildman–Crippen LogP) is 1.86. The van der Waals surface area contributed by atoms with Crippen molar-refractivity contribution in [3.05, 3.63) is 17.5 Å². The second-order valence-corrected chi connectivity index (χ2v) is 4.08. The minimum absolute atomic E-state index is 0.00130. The summed E-state index contributed by atoms with van der Waals surface area (Å²) in [5.74, 6) is -2.10. The Morgan fingerprint density at radius 3 is 2.65 bits per heavy atom. The summed E-state index contributed by atoms with van der Waals surface area (Å²) >= 11 is 0. The van der Waals surface area contributed by atoms with Gasteiger partial charge in [0.2, 0.25) is 5.95 Å². The van der Waals surface area contributed by atoms with E-state index in [1.165, 1.54) is 13.3 Å². The van der Waals surface area contributed by atoms with E-state index in [2.05, 4.69) is 10.1 Å². The van der Waals surface area contributed by atoms with Crippen molar-refractivity contribution >= 4 is 11.5 Å². The normalized spacial score (nSPS) is 13.2. The molecular formula is C11H10F3N5O. The van der Waals surface area contributed by atoms with Crippen LogP contribution in [0.25, 0.3) is 5.52 Å². The predicted molar refractivity (Wildman–Crippen MR) is 63.1 cm³/mol. The number of aromatic nitrogens is 3. The summed E-state index contributed by atoms with van der Waals surface area (Å²) in [4.78, 5) is 3.70. The van der Waals surface area contributed by atoms with Crippen LogP contribution in [0.3, 0.4) is 0 Å². The number of ether oxygens (including phenoxy) is 1. The molecule has 0 saturated heterocycles. The first kappa shape index (κ1) is 13.9. The first-order valence-corrected chi connectivity index (χ1v) is 5.49. The maximum absolute atomic E-state index is 13.0. The van der Waals surface area contributed by atoms with E-state index in [1.54, 1.807) is 6.07 Å². The molecule has 0 aliphatic carbocycles. The van der Waals surface area contributed by atoms with Crippen LogP contribution in [0, 0.1) is 11.3 Å². The van der Waals surface area contributed by atoms with Crippen molar-refractivity contribution in [1.29, 1.82) is 5.26 Å². The van der Waals surface area contributed by atoms with Crippen LogP contribution in [0.2, 0.25) is 0 Å². The van der Waals surface area contributed by atoms with E-state index < -0.39 is 12.1 Å². The highest BCUT2D eigenvalue weighted by molar-refractivity contribution is 5.70. The molecule has 20 heavy (non-hydrogen) atoms.